The molecule has 0 saturated carbocycles. The van der Waals surface area contributed by atoms with E-state index in [1.165, 1.54) is 6.07 Å². The molecule has 0 aliphatic rings. The molecule has 0 aliphatic heterocycles. The maximum atomic E-state index is 11.9. The number of nitrogens with one attached hydrogen (secondary N) is 1. The molecule has 0 aromatic heterocycles. The lowest BCUT2D eigenvalue weighted by Gasteiger charge is -2.09. The Kier molecular flexibility index (Phi) is 5.44. The van der Waals surface area contributed by atoms with Crippen LogP contribution in [0.3, 0.4) is 0 Å². The average Bonchev–Trinajstić information content (AvgIpc) is 2.15. The van der Waals surface area contributed by atoms with Gasteiger partial charge in [-0.05, 0) is 30.5 Å². The fraction of sp³-hybridized carbons (Fsp3) is 0.455. The van der Waals surface area contributed by atoms with E-state index in [0.29, 0.717) is 12.5 Å². The minimum Gasteiger partial charge on any atom is -0.211 e. The predicted octanol–water partition coefficient (Wildman–Crippen LogP) is 3.43. The van der Waals surface area contributed by atoms with Gasteiger partial charge in [-0.2, -0.15) is 0 Å². The molecule has 6 heteroatoms. The molecule has 3 nitrogen and oxygen atoms in total. The van der Waals surface area contributed by atoms with Crippen molar-refractivity contribution >= 4 is 37.6 Å². The molecule has 1 N–H and O–H groups in total. The lowest BCUT2D eigenvalue weighted by atomic mass is 10.1. The Morgan fingerprint density at radius 3 is 2.59 bits per heavy atom. The van der Waals surface area contributed by atoms with Crippen molar-refractivity contribution in [1.82, 2.24) is 4.72 Å². The van der Waals surface area contributed by atoms with Crippen molar-refractivity contribution < 1.29 is 8.42 Å². The summed E-state index contributed by atoms with van der Waals surface area (Å²) in [7, 11) is -3.51. The molecule has 0 fully saturated rings. The highest BCUT2D eigenvalue weighted by Gasteiger charge is 2.17. The molecule has 0 saturated heterocycles. The lowest BCUT2D eigenvalue weighted by Crippen LogP contribution is -2.25. The Balaban J connectivity index is 2.83. The molecule has 17 heavy (non-hydrogen) atoms. The SMILES string of the molecule is CC(C)CCNS(=O)(=O)c1ccc(Br)cc1Cl. The molecular formula is C11H15BrClNO2S. The van der Waals surface area contributed by atoms with Crippen LogP contribution in [0.5, 0.6) is 0 Å². The summed E-state index contributed by atoms with van der Waals surface area (Å²) in [6.45, 7) is 4.51. The summed E-state index contributed by atoms with van der Waals surface area (Å²) in [5, 5.41) is 0.219. The van der Waals surface area contributed by atoms with E-state index in [0.717, 1.165) is 10.9 Å². The zero-order valence-electron chi connectivity index (χ0n) is 9.70. The molecule has 0 bridgehead atoms. The topological polar surface area (TPSA) is 46.2 Å². The molecule has 1 aromatic carbocycles. The molecule has 0 radical (unpaired) electrons. The zero-order valence-corrected chi connectivity index (χ0v) is 12.9. The maximum Gasteiger partial charge on any atom is 0.242 e. The van der Waals surface area contributed by atoms with E-state index in [1.54, 1.807) is 12.1 Å². The Morgan fingerprint density at radius 2 is 2.06 bits per heavy atom. The van der Waals surface area contributed by atoms with Gasteiger partial charge in [-0.1, -0.05) is 41.4 Å². The standard InChI is InChI=1S/C11H15BrClNO2S/c1-8(2)5-6-14-17(15,16)11-4-3-9(12)7-10(11)13/h3-4,7-8,14H,5-6H2,1-2H3. The largest absolute Gasteiger partial charge is 0.242 e. The molecule has 0 spiro atoms. The van der Waals surface area contributed by atoms with Gasteiger partial charge in [0.05, 0.1) is 5.02 Å². The van der Waals surface area contributed by atoms with Crippen LogP contribution in [0.4, 0.5) is 0 Å². The summed E-state index contributed by atoms with van der Waals surface area (Å²) >= 11 is 9.14. The van der Waals surface area contributed by atoms with Gasteiger partial charge in [-0.15, -0.1) is 0 Å². The van der Waals surface area contributed by atoms with Crippen LogP contribution in [0.25, 0.3) is 0 Å². The summed E-state index contributed by atoms with van der Waals surface area (Å²) < 4.78 is 27.2. The van der Waals surface area contributed by atoms with Gasteiger partial charge in [0.1, 0.15) is 4.90 Å². The van der Waals surface area contributed by atoms with Gasteiger partial charge in [0.15, 0.2) is 0 Å². The number of benzene rings is 1. The van der Waals surface area contributed by atoms with Crippen LogP contribution < -0.4 is 4.72 Å². The van der Waals surface area contributed by atoms with Crippen molar-refractivity contribution in [3.8, 4) is 0 Å². The first-order valence-electron chi connectivity index (χ1n) is 5.27. The van der Waals surface area contributed by atoms with Crippen molar-refractivity contribution in [2.75, 3.05) is 6.54 Å². The summed E-state index contributed by atoms with van der Waals surface area (Å²) in [6, 6.07) is 4.71. The van der Waals surface area contributed by atoms with E-state index < -0.39 is 10.0 Å². The molecule has 0 aliphatic carbocycles. The summed E-state index contributed by atoms with van der Waals surface area (Å²) in [5.74, 6) is 0.457. The molecule has 0 atom stereocenters. The highest BCUT2D eigenvalue weighted by molar-refractivity contribution is 9.10. The van der Waals surface area contributed by atoms with Gasteiger partial charge in [0.25, 0.3) is 0 Å². The van der Waals surface area contributed by atoms with Gasteiger partial charge in [-0.25, -0.2) is 13.1 Å². The Bertz CT molecular complexity index is 488. The third-order valence-corrected chi connectivity index (χ3v) is 4.63. The normalized spacial score (nSPS) is 12.1. The number of rotatable bonds is 5. The van der Waals surface area contributed by atoms with Crippen molar-refractivity contribution in [3.05, 3.63) is 27.7 Å². The smallest absolute Gasteiger partial charge is 0.211 e. The molecular weight excluding hydrogens is 326 g/mol. The highest BCUT2D eigenvalue weighted by atomic mass is 79.9. The zero-order chi connectivity index (χ0) is 13.1. The van der Waals surface area contributed by atoms with Crippen LogP contribution >= 0.6 is 27.5 Å². The van der Waals surface area contributed by atoms with Gasteiger partial charge in [-0.3, -0.25) is 0 Å². The average molecular weight is 341 g/mol. The molecule has 0 unspecified atom stereocenters. The van der Waals surface area contributed by atoms with Crippen LogP contribution in [-0.2, 0) is 10.0 Å². The monoisotopic (exact) mass is 339 g/mol. The maximum absolute atomic E-state index is 11.9. The van der Waals surface area contributed by atoms with Crippen molar-refractivity contribution in [3.63, 3.8) is 0 Å². The van der Waals surface area contributed by atoms with Gasteiger partial charge in [0.2, 0.25) is 10.0 Å². The van der Waals surface area contributed by atoms with E-state index >= 15 is 0 Å². The van der Waals surface area contributed by atoms with E-state index in [9.17, 15) is 8.42 Å². The minimum atomic E-state index is -3.51. The lowest BCUT2D eigenvalue weighted by molar-refractivity contribution is 0.551. The van der Waals surface area contributed by atoms with E-state index in [2.05, 4.69) is 20.7 Å². The van der Waals surface area contributed by atoms with Gasteiger partial charge >= 0.3 is 0 Å². The van der Waals surface area contributed by atoms with E-state index in [-0.39, 0.29) is 9.92 Å². The highest BCUT2D eigenvalue weighted by Crippen LogP contribution is 2.24. The molecule has 96 valence electrons. The van der Waals surface area contributed by atoms with Crippen LogP contribution in [0.1, 0.15) is 20.3 Å². The van der Waals surface area contributed by atoms with Crippen molar-refractivity contribution in [1.29, 1.82) is 0 Å². The van der Waals surface area contributed by atoms with Crippen molar-refractivity contribution in [2.45, 2.75) is 25.2 Å². The fourth-order valence-electron chi connectivity index (χ4n) is 1.25. The van der Waals surface area contributed by atoms with E-state index in [4.69, 9.17) is 11.6 Å². The first kappa shape index (κ1) is 15.0. The van der Waals surface area contributed by atoms with Crippen LogP contribution in [0, 0.1) is 5.92 Å². The Morgan fingerprint density at radius 1 is 1.41 bits per heavy atom. The number of hydrogen-bond acceptors (Lipinski definition) is 2. The fourth-order valence-corrected chi connectivity index (χ4v) is 3.34. The van der Waals surface area contributed by atoms with Crippen LogP contribution in [-0.4, -0.2) is 15.0 Å². The molecule has 0 amide bonds. The minimum absolute atomic E-state index is 0.117. The van der Waals surface area contributed by atoms with Crippen molar-refractivity contribution in [2.24, 2.45) is 5.92 Å². The van der Waals surface area contributed by atoms with Gasteiger partial charge in [0, 0.05) is 11.0 Å². The first-order chi connectivity index (χ1) is 7.83. The Labute approximate surface area is 116 Å². The summed E-state index contributed by atoms with van der Waals surface area (Å²) in [6.07, 6.45) is 0.799. The molecule has 1 rings (SSSR count). The van der Waals surface area contributed by atoms with Crippen LogP contribution in [0.15, 0.2) is 27.6 Å². The number of halogens is 2. The Hall–Kier alpha value is -0.100. The quantitative estimate of drug-likeness (QED) is 0.892. The van der Waals surface area contributed by atoms with E-state index in [1.807, 2.05) is 13.8 Å². The van der Waals surface area contributed by atoms with Gasteiger partial charge < -0.3 is 0 Å². The second-order valence-electron chi connectivity index (χ2n) is 4.16. The third-order valence-electron chi connectivity index (χ3n) is 2.20. The number of sulfonamides is 1. The summed E-state index contributed by atoms with van der Waals surface area (Å²) in [5.41, 5.74) is 0. The summed E-state index contributed by atoms with van der Waals surface area (Å²) in [4.78, 5) is 0.117. The molecule has 1 aromatic rings. The first-order valence-corrected chi connectivity index (χ1v) is 7.93. The second kappa shape index (κ2) is 6.18. The number of hydrogen-bond donors (Lipinski definition) is 1. The molecule has 0 heterocycles. The third kappa shape index (κ3) is 4.58. The van der Waals surface area contributed by atoms with Crippen LogP contribution in [0.2, 0.25) is 5.02 Å². The second-order valence-corrected chi connectivity index (χ2v) is 7.21. The predicted molar refractivity (Wildman–Crippen MR) is 73.8 cm³/mol.